The topological polar surface area (TPSA) is 61.6 Å². The first kappa shape index (κ1) is 16.6. The van der Waals surface area contributed by atoms with Gasteiger partial charge in [0, 0.05) is 50.7 Å². The van der Waals surface area contributed by atoms with Gasteiger partial charge in [-0.05, 0) is 31.2 Å². The SMILES string of the molecule is C[C@H](O)CN1CCN(C(=O)c2ccc(-n3cccn3)c(F)c2)CC1. The van der Waals surface area contributed by atoms with Crippen molar-refractivity contribution in [3.05, 3.63) is 48.0 Å². The van der Waals surface area contributed by atoms with Crippen molar-refractivity contribution < 1.29 is 14.3 Å². The molecule has 128 valence electrons. The van der Waals surface area contributed by atoms with Gasteiger partial charge in [-0.3, -0.25) is 9.69 Å². The Labute approximate surface area is 140 Å². The second-order valence-corrected chi connectivity index (χ2v) is 6.06. The molecule has 1 aliphatic rings. The number of aromatic nitrogens is 2. The molecule has 1 saturated heterocycles. The molecule has 0 aliphatic carbocycles. The highest BCUT2D eigenvalue weighted by molar-refractivity contribution is 5.94. The summed E-state index contributed by atoms with van der Waals surface area (Å²) in [6.07, 6.45) is 2.85. The maximum absolute atomic E-state index is 14.3. The van der Waals surface area contributed by atoms with E-state index in [-0.39, 0.29) is 12.0 Å². The van der Waals surface area contributed by atoms with E-state index in [1.54, 1.807) is 42.4 Å². The number of rotatable bonds is 4. The van der Waals surface area contributed by atoms with E-state index in [0.29, 0.717) is 44.0 Å². The highest BCUT2D eigenvalue weighted by atomic mass is 19.1. The van der Waals surface area contributed by atoms with Crippen molar-refractivity contribution in [1.29, 1.82) is 0 Å². The van der Waals surface area contributed by atoms with Crippen LogP contribution in [0.15, 0.2) is 36.7 Å². The van der Waals surface area contributed by atoms with E-state index in [0.717, 1.165) is 0 Å². The van der Waals surface area contributed by atoms with Gasteiger partial charge in [0.1, 0.15) is 11.5 Å². The second kappa shape index (κ2) is 7.11. The summed E-state index contributed by atoms with van der Waals surface area (Å²) in [5, 5.41) is 13.4. The predicted molar refractivity (Wildman–Crippen MR) is 87.5 cm³/mol. The molecule has 0 unspecified atom stereocenters. The molecule has 1 aromatic carbocycles. The molecular formula is C17H21FN4O2. The molecule has 24 heavy (non-hydrogen) atoms. The van der Waals surface area contributed by atoms with E-state index >= 15 is 0 Å². The Kier molecular flexibility index (Phi) is 4.92. The first-order valence-electron chi connectivity index (χ1n) is 8.04. The quantitative estimate of drug-likeness (QED) is 0.912. The molecule has 0 radical (unpaired) electrons. The fourth-order valence-electron chi connectivity index (χ4n) is 2.93. The number of benzene rings is 1. The molecule has 0 bridgehead atoms. The fourth-order valence-corrected chi connectivity index (χ4v) is 2.93. The Morgan fingerprint density at radius 2 is 2.08 bits per heavy atom. The van der Waals surface area contributed by atoms with Crippen molar-refractivity contribution in [2.24, 2.45) is 0 Å². The summed E-state index contributed by atoms with van der Waals surface area (Å²) in [5.41, 5.74) is 0.658. The van der Waals surface area contributed by atoms with Gasteiger partial charge in [0.25, 0.3) is 5.91 Å². The van der Waals surface area contributed by atoms with Crippen LogP contribution in [0.1, 0.15) is 17.3 Å². The predicted octanol–water partition coefficient (Wildman–Crippen LogP) is 1.15. The summed E-state index contributed by atoms with van der Waals surface area (Å²) in [6.45, 7) is 4.94. The molecule has 7 heteroatoms. The average molecular weight is 332 g/mol. The lowest BCUT2D eigenvalue weighted by molar-refractivity contribution is 0.0553. The highest BCUT2D eigenvalue weighted by Crippen LogP contribution is 2.16. The van der Waals surface area contributed by atoms with Crippen LogP contribution in [-0.4, -0.2) is 69.4 Å². The highest BCUT2D eigenvalue weighted by Gasteiger charge is 2.23. The molecule has 2 heterocycles. The Hall–Kier alpha value is -2.25. The number of β-amino-alcohol motifs (C(OH)–C–C–N with tert-alkyl or cyclic N) is 1. The zero-order valence-corrected chi connectivity index (χ0v) is 13.6. The zero-order valence-electron chi connectivity index (χ0n) is 13.6. The molecule has 1 aromatic heterocycles. The van der Waals surface area contributed by atoms with Crippen LogP contribution in [0, 0.1) is 5.82 Å². The smallest absolute Gasteiger partial charge is 0.254 e. The van der Waals surface area contributed by atoms with Gasteiger partial charge in [-0.25, -0.2) is 9.07 Å². The maximum atomic E-state index is 14.3. The van der Waals surface area contributed by atoms with Crippen molar-refractivity contribution >= 4 is 5.91 Å². The van der Waals surface area contributed by atoms with E-state index < -0.39 is 5.82 Å². The molecule has 0 saturated carbocycles. The number of aliphatic hydroxyl groups excluding tert-OH is 1. The zero-order chi connectivity index (χ0) is 17.1. The number of amides is 1. The normalized spacial score (nSPS) is 17.0. The third-order valence-electron chi connectivity index (χ3n) is 4.13. The third kappa shape index (κ3) is 3.63. The lowest BCUT2D eigenvalue weighted by atomic mass is 10.1. The number of nitrogens with zero attached hydrogens (tertiary/aromatic N) is 4. The molecular weight excluding hydrogens is 311 g/mol. The van der Waals surface area contributed by atoms with Gasteiger partial charge >= 0.3 is 0 Å². The molecule has 1 amide bonds. The van der Waals surface area contributed by atoms with Crippen LogP contribution < -0.4 is 0 Å². The van der Waals surface area contributed by atoms with E-state index in [2.05, 4.69) is 10.00 Å². The second-order valence-electron chi connectivity index (χ2n) is 6.06. The van der Waals surface area contributed by atoms with Crippen molar-refractivity contribution in [1.82, 2.24) is 19.6 Å². The molecule has 1 fully saturated rings. The van der Waals surface area contributed by atoms with Gasteiger partial charge in [0.2, 0.25) is 0 Å². The minimum absolute atomic E-state index is 0.169. The number of hydrogen-bond acceptors (Lipinski definition) is 4. The minimum atomic E-state index is -0.475. The van der Waals surface area contributed by atoms with Crippen molar-refractivity contribution in [2.75, 3.05) is 32.7 Å². The summed E-state index contributed by atoms with van der Waals surface area (Å²) in [7, 11) is 0. The first-order chi connectivity index (χ1) is 11.5. The van der Waals surface area contributed by atoms with E-state index in [9.17, 15) is 14.3 Å². The van der Waals surface area contributed by atoms with Crippen LogP contribution >= 0.6 is 0 Å². The largest absolute Gasteiger partial charge is 0.392 e. The summed E-state index contributed by atoms with van der Waals surface area (Å²) >= 11 is 0. The summed E-state index contributed by atoms with van der Waals surface area (Å²) < 4.78 is 15.7. The van der Waals surface area contributed by atoms with E-state index in [4.69, 9.17) is 0 Å². The molecule has 6 nitrogen and oxygen atoms in total. The van der Waals surface area contributed by atoms with Crippen LogP contribution in [0.2, 0.25) is 0 Å². The van der Waals surface area contributed by atoms with Crippen LogP contribution in [0.25, 0.3) is 5.69 Å². The van der Waals surface area contributed by atoms with Gasteiger partial charge in [-0.2, -0.15) is 5.10 Å². The van der Waals surface area contributed by atoms with Crippen molar-refractivity contribution in [3.63, 3.8) is 0 Å². The summed E-state index contributed by atoms with van der Waals surface area (Å²) in [4.78, 5) is 16.4. The van der Waals surface area contributed by atoms with Crippen LogP contribution in [-0.2, 0) is 0 Å². The minimum Gasteiger partial charge on any atom is -0.392 e. The average Bonchev–Trinajstić information content (AvgIpc) is 3.08. The van der Waals surface area contributed by atoms with Gasteiger partial charge in [0.15, 0.2) is 0 Å². The number of hydrogen-bond donors (Lipinski definition) is 1. The molecule has 0 spiro atoms. The molecule has 2 aromatic rings. The summed E-state index contributed by atoms with van der Waals surface area (Å²) in [5.74, 6) is -0.644. The van der Waals surface area contributed by atoms with Gasteiger partial charge < -0.3 is 10.0 Å². The molecule has 1 aliphatic heterocycles. The Balaban J connectivity index is 1.67. The Morgan fingerprint density at radius 1 is 1.33 bits per heavy atom. The third-order valence-corrected chi connectivity index (χ3v) is 4.13. The lowest BCUT2D eigenvalue weighted by Gasteiger charge is -2.35. The van der Waals surface area contributed by atoms with Gasteiger partial charge in [-0.15, -0.1) is 0 Å². The number of aliphatic hydroxyl groups is 1. The molecule has 3 rings (SSSR count). The number of carbonyl (C=O) groups excluding carboxylic acids is 1. The van der Waals surface area contributed by atoms with E-state index in [1.807, 2.05) is 0 Å². The monoisotopic (exact) mass is 332 g/mol. The van der Waals surface area contributed by atoms with Crippen LogP contribution in [0.3, 0.4) is 0 Å². The van der Waals surface area contributed by atoms with Crippen molar-refractivity contribution in [2.45, 2.75) is 13.0 Å². The first-order valence-corrected chi connectivity index (χ1v) is 8.04. The maximum Gasteiger partial charge on any atom is 0.254 e. The Morgan fingerprint density at radius 3 is 2.67 bits per heavy atom. The fraction of sp³-hybridized carbons (Fsp3) is 0.412. The number of carbonyl (C=O) groups is 1. The van der Waals surface area contributed by atoms with Gasteiger partial charge in [-0.1, -0.05) is 0 Å². The van der Waals surface area contributed by atoms with Crippen molar-refractivity contribution in [3.8, 4) is 5.69 Å². The van der Waals surface area contributed by atoms with E-state index in [1.165, 1.54) is 10.7 Å². The van der Waals surface area contributed by atoms with Crippen LogP contribution in [0.5, 0.6) is 0 Å². The standard InChI is InChI=1S/C17H21FN4O2/c1-13(23)12-20-7-9-21(10-8-20)17(24)14-3-4-16(15(18)11-14)22-6-2-5-19-22/h2-6,11,13,23H,7-10,12H2,1H3/t13-/m0/s1. The number of halogens is 1. The van der Waals surface area contributed by atoms with Gasteiger partial charge in [0.05, 0.1) is 6.10 Å². The lowest BCUT2D eigenvalue weighted by Crippen LogP contribution is -2.50. The Bertz CT molecular complexity index is 695. The molecule has 1 atom stereocenters. The number of piperazine rings is 1. The molecule has 1 N–H and O–H groups in total. The summed E-state index contributed by atoms with van der Waals surface area (Å²) in [6, 6.07) is 6.18. The van der Waals surface area contributed by atoms with Crippen LogP contribution in [0.4, 0.5) is 4.39 Å².